The number of anilines is 1. The zero-order valence-electron chi connectivity index (χ0n) is 10.5. The van der Waals surface area contributed by atoms with Gasteiger partial charge in [-0.2, -0.15) is 0 Å². The second-order valence-corrected chi connectivity index (χ2v) is 6.18. The molecular weight excluding hydrogens is 395 g/mol. The average molecular weight is 404 g/mol. The van der Waals surface area contributed by atoms with Crippen LogP contribution in [0.25, 0.3) is 0 Å². The van der Waals surface area contributed by atoms with Crippen LogP contribution in [0.2, 0.25) is 10.0 Å². The number of carbonyl (C=O) groups excluding carboxylic acids is 1. The standard InChI is InChI=1S/C14H9BrCl2N2OS/c15-9-3-1-8(2-4-9)13(20)19-14(21)18-10-5-6-11(16)12(17)7-10/h1-7H,(H2,18,19,20,21). The predicted molar refractivity (Wildman–Crippen MR) is 94.3 cm³/mol. The molecule has 2 N–H and O–H groups in total. The molecule has 0 aliphatic heterocycles. The van der Waals surface area contributed by atoms with Gasteiger partial charge in [-0.05, 0) is 54.7 Å². The van der Waals surface area contributed by atoms with Gasteiger partial charge < -0.3 is 5.32 Å². The molecule has 2 aromatic rings. The Labute approximate surface area is 145 Å². The van der Waals surface area contributed by atoms with Crippen molar-refractivity contribution in [2.75, 3.05) is 5.32 Å². The molecule has 3 nitrogen and oxygen atoms in total. The Kier molecular flexibility index (Phi) is 5.58. The number of nitrogens with one attached hydrogen (secondary N) is 2. The summed E-state index contributed by atoms with van der Waals surface area (Å²) in [6, 6.07) is 11.9. The third-order valence-electron chi connectivity index (χ3n) is 2.51. The van der Waals surface area contributed by atoms with E-state index in [1.54, 1.807) is 42.5 Å². The van der Waals surface area contributed by atoms with Gasteiger partial charge in [-0.15, -0.1) is 0 Å². The van der Waals surface area contributed by atoms with Crippen LogP contribution in [0, 0.1) is 0 Å². The molecule has 0 saturated carbocycles. The smallest absolute Gasteiger partial charge is 0.257 e. The highest BCUT2D eigenvalue weighted by molar-refractivity contribution is 9.10. The Balaban J connectivity index is 1.99. The first kappa shape index (κ1) is 16.2. The number of halogens is 3. The second kappa shape index (κ2) is 7.22. The number of thiocarbonyl (C=S) groups is 1. The first-order chi connectivity index (χ1) is 9.95. The fourth-order valence-electron chi connectivity index (χ4n) is 1.51. The van der Waals surface area contributed by atoms with Crippen LogP contribution in [-0.2, 0) is 0 Å². The SMILES string of the molecule is O=C(NC(=S)Nc1ccc(Cl)c(Cl)c1)c1ccc(Br)cc1. The van der Waals surface area contributed by atoms with Crippen LogP contribution in [-0.4, -0.2) is 11.0 Å². The van der Waals surface area contributed by atoms with Gasteiger partial charge in [-0.1, -0.05) is 39.1 Å². The third kappa shape index (κ3) is 4.68. The maximum Gasteiger partial charge on any atom is 0.257 e. The molecule has 21 heavy (non-hydrogen) atoms. The molecule has 108 valence electrons. The van der Waals surface area contributed by atoms with E-state index in [1.165, 1.54) is 0 Å². The van der Waals surface area contributed by atoms with Gasteiger partial charge >= 0.3 is 0 Å². The molecule has 1 amide bonds. The fraction of sp³-hybridized carbons (Fsp3) is 0. The summed E-state index contributed by atoms with van der Waals surface area (Å²) >= 11 is 20.1. The monoisotopic (exact) mass is 402 g/mol. The third-order valence-corrected chi connectivity index (χ3v) is 3.98. The van der Waals surface area contributed by atoms with E-state index in [-0.39, 0.29) is 11.0 Å². The Morgan fingerprint density at radius 2 is 1.71 bits per heavy atom. The van der Waals surface area contributed by atoms with Crippen LogP contribution in [0.4, 0.5) is 5.69 Å². The summed E-state index contributed by atoms with van der Waals surface area (Å²) in [6.45, 7) is 0. The van der Waals surface area contributed by atoms with Crippen molar-refractivity contribution in [1.82, 2.24) is 5.32 Å². The number of benzene rings is 2. The molecule has 0 bridgehead atoms. The van der Waals surface area contributed by atoms with Gasteiger partial charge in [0.15, 0.2) is 5.11 Å². The van der Waals surface area contributed by atoms with E-state index >= 15 is 0 Å². The van der Waals surface area contributed by atoms with E-state index in [2.05, 4.69) is 26.6 Å². The zero-order chi connectivity index (χ0) is 15.4. The normalized spacial score (nSPS) is 10.0. The van der Waals surface area contributed by atoms with Crippen molar-refractivity contribution in [2.24, 2.45) is 0 Å². The Hall–Kier alpha value is -1.14. The quantitative estimate of drug-likeness (QED) is 0.702. The number of hydrogen-bond donors (Lipinski definition) is 2. The first-order valence-corrected chi connectivity index (χ1v) is 7.74. The summed E-state index contributed by atoms with van der Waals surface area (Å²) in [5.74, 6) is -0.292. The highest BCUT2D eigenvalue weighted by Gasteiger charge is 2.08. The Morgan fingerprint density at radius 3 is 2.33 bits per heavy atom. The summed E-state index contributed by atoms with van der Waals surface area (Å²) in [6.07, 6.45) is 0. The summed E-state index contributed by atoms with van der Waals surface area (Å²) in [5, 5.41) is 6.50. The average Bonchev–Trinajstić information content (AvgIpc) is 2.43. The van der Waals surface area contributed by atoms with Crippen molar-refractivity contribution in [2.45, 2.75) is 0 Å². The number of amides is 1. The molecule has 0 saturated heterocycles. The van der Waals surface area contributed by atoms with E-state index in [1.807, 2.05) is 0 Å². The minimum atomic E-state index is -0.292. The topological polar surface area (TPSA) is 41.1 Å². The molecule has 0 aliphatic rings. The molecule has 0 aromatic heterocycles. The second-order valence-electron chi connectivity index (χ2n) is 4.04. The van der Waals surface area contributed by atoms with E-state index < -0.39 is 0 Å². The predicted octanol–water partition coefficient (Wildman–Crippen LogP) is 4.88. The minimum Gasteiger partial charge on any atom is -0.332 e. The summed E-state index contributed by atoms with van der Waals surface area (Å²) in [5.41, 5.74) is 1.15. The number of carbonyl (C=O) groups is 1. The first-order valence-electron chi connectivity index (χ1n) is 5.78. The van der Waals surface area contributed by atoms with Crippen molar-refractivity contribution >= 4 is 68.1 Å². The van der Waals surface area contributed by atoms with Crippen molar-refractivity contribution in [3.8, 4) is 0 Å². The van der Waals surface area contributed by atoms with E-state index in [4.69, 9.17) is 35.4 Å². The van der Waals surface area contributed by atoms with Gasteiger partial charge in [0, 0.05) is 15.7 Å². The van der Waals surface area contributed by atoms with Gasteiger partial charge in [0.1, 0.15) is 0 Å². The molecule has 0 heterocycles. The molecule has 0 unspecified atom stereocenters. The van der Waals surface area contributed by atoms with Gasteiger partial charge in [-0.25, -0.2) is 0 Å². The molecule has 0 aliphatic carbocycles. The van der Waals surface area contributed by atoms with Crippen LogP contribution in [0.1, 0.15) is 10.4 Å². The molecule has 2 rings (SSSR count). The largest absolute Gasteiger partial charge is 0.332 e. The fourth-order valence-corrected chi connectivity index (χ4v) is 2.29. The van der Waals surface area contributed by atoms with Gasteiger partial charge in [0.05, 0.1) is 10.0 Å². The highest BCUT2D eigenvalue weighted by atomic mass is 79.9. The van der Waals surface area contributed by atoms with E-state index in [0.29, 0.717) is 21.3 Å². The Morgan fingerprint density at radius 1 is 1.05 bits per heavy atom. The van der Waals surface area contributed by atoms with Crippen LogP contribution in [0.3, 0.4) is 0 Å². The van der Waals surface area contributed by atoms with Crippen LogP contribution >= 0.6 is 51.3 Å². The van der Waals surface area contributed by atoms with E-state index in [9.17, 15) is 4.79 Å². The molecule has 0 radical (unpaired) electrons. The maximum absolute atomic E-state index is 12.0. The number of rotatable bonds is 2. The lowest BCUT2D eigenvalue weighted by molar-refractivity contribution is 0.0977. The summed E-state index contributed by atoms with van der Waals surface area (Å²) in [7, 11) is 0. The number of hydrogen-bond acceptors (Lipinski definition) is 2. The van der Waals surface area contributed by atoms with Crippen LogP contribution in [0.5, 0.6) is 0 Å². The molecular formula is C14H9BrCl2N2OS. The molecule has 0 spiro atoms. The van der Waals surface area contributed by atoms with Gasteiger partial charge in [0.25, 0.3) is 5.91 Å². The summed E-state index contributed by atoms with van der Waals surface area (Å²) in [4.78, 5) is 12.0. The molecule has 0 atom stereocenters. The lowest BCUT2D eigenvalue weighted by Crippen LogP contribution is -2.34. The highest BCUT2D eigenvalue weighted by Crippen LogP contribution is 2.24. The van der Waals surface area contributed by atoms with Crippen molar-refractivity contribution < 1.29 is 4.79 Å². The van der Waals surface area contributed by atoms with Crippen LogP contribution in [0.15, 0.2) is 46.9 Å². The minimum absolute atomic E-state index is 0.182. The lowest BCUT2D eigenvalue weighted by atomic mass is 10.2. The van der Waals surface area contributed by atoms with Crippen molar-refractivity contribution in [1.29, 1.82) is 0 Å². The molecule has 2 aromatic carbocycles. The van der Waals surface area contributed by atoms with Gasteiger partial charge in [-0.3, -0.25) is 10.1 Å². The molecule has 7 heteroatoms. The van der Waals surface area contributed by atoms with Gasteiger partial charge in [0.2, 0.25) is 0 Å². The van der Waals surface area contributed by atoms with Crippen molar-refractivity contribution in [3.05, 3.63) is 62.5 Å². The molecule has 0 fully saturated rings. The van der Waals surface area contributed by atoms with Crippen LogP contribution < -0.4 is 10.6 Å². The van der Waals surface area contributed by atoms with Crippen molar-refractivity contribution in [3.63, 3.8) is 0 Å². The summed E-state index contributed by atoms with van der Waals surface area (Å²) < 4.78 is 0.899. The lowest BCUT2D eigenvalue weighted by Gasteiger charge is -2.10. The van der Waals surface area contributed by atoms with E-state index in [0.717, 1.165) is 4.47 Å². The Bertz CT molecular complexity index is 692. The zero-order valence-corrected chi connectivity index (χ0v) is 14.4. The maximum atomic E-state index is 12.0.